The van der Waals surface area contributed by atoms with Crippen LogP contribution < -0.4 is 0 Å². The zero-order chi connectivity index (χ0) is 18.4. The minimum absolute atomic E-state index is 0.155. The van der Waals surface area contributed by atoms with E-state index in [1.807, 2.05) is 0 Å². The van der Waals surface area contributed by atoms with E-state index >= 15 is 0 Å². The number of halogens is 1. The van der Waals surface area contributed by atoms with Crippen molar-refractivity contribution < 1.29 is 17.6 Å². The Morgan fingerprint density at radius 3 is 2.28 bits per heavy atom. The quantitative estimate of drug-likeness (QED) is 0.557. The maximum absolute atomic E-state index is 13.1. The Morgan fingerprint density at radius 2 is 1.72 bits per heavy atom. The van der Waals surface area contributed by atoms with E-state index in [0.717, 1.165) is 0 Å². The van der Waals surface area contributed by atoms with Gasteiger partial charge in [0.2, 0.25) is 10.0 Å². The second-order valence-electron chi connectivity index (χ2n) is 5.37. The van der Waals surface area contributed by atoms with E-state index in [2.05, 4.69) is 0 Å². The number of hydrogen-bond acceptors (Lipinski definition) is 3. The number of rotatable bonds is 7. The number of sulfonamides is 1. The molecule has 0 heterocycles. The molecular formula is C19H20FNO3S. The molecule has 0 aromatic heterocycles. The van der Waals surface area contributed by atoms with Crippen LogP contribution in [0.1, 0.15) is 29.8 Å². The average Bonchev–Trinajstić information content (AvgIpc) is 2.60. The summed E-state index contributed by atoms with van der Waals surface area (Å²) in [5.41, 5.74) is 0.945. The maximum atomic E-state index is 13.1. The highest BCUT2D eigenvalue weighted by atomic mass is 32.2. The Labute approximate surface area is 147 Å². The van der Waals surface area contributed by atoms with Crippen LogP contribution in [0.5, 0.6) is 0 Å². The first-order valence-corrected chi connectivity index (χ1v) is 9.40. The van der Waals surface area contributed by atoms with Gasteiger partial charge < -0.3 is 0 Å². The summed E-state index contributed by atoms with van der Waals surface area (Å²) in [6.07, 6.45) is 2.86. The average molecular weight is 361 g/mol. The van der Waals surface area contributed by atoms with E-state index < -0.39 is 10.0 Å². The number of nitrogens with zero attached hydrogens (tertiary/aromatic N) is 1. The predicted octanol–water partition coefficient (Wildman–Crippen LogP) is 3.75. The number of benzene rings is 2. The van der Waals surface area contributed by atoms with Gasteiger partial charge in [0.15, 0.2) is 5.78 Å². The van der Waals surface area contributed by atoms with E-state index in [0.29, 0.717) is 24.2 Å². The first-order valence-electron chi connectivity index (χ1n) is 7.96. The molecule has 0 unspecified atom stereocenters. The summed E-state index contributed by atoms with van der Waals surface area (Å²) in [5.74, 6) is -0.656. The van der Waals surface area contributed by atoms with Crippen molar-refractivity contribution in [2.24, 2.45) is 0 Å². The molecule has 0 aliphatic rings. The first-order chi connectivity index (χ1) is 11.9. The zero-order valence-corrected chi connectivity index (χ0v) is 15.0. The third kappa shape index (κ3) is 4.61. The van der Waals surface area contributed by atoms with Gasteiger partial charge in [-0.2, -0.15) is 4.31 Å². The van der Waals surface area contributed by atoms with E-state index in [1.165, 1.54) is 52.9 Å². The van der Waals surface area contributed by atoms with Crippen LogP contribution in [0.15, 0.2) is 59.5 Å². The molecule has 132 valence electrons. The standard InChI is InChI=1S/C19H20FNO3S/c1-3-21(4-2)25(23,24)18-11-9-16(10-12-18)19(22)13-8-15-6-5-7-17(20)14-15/h5-14H,3-4H2,1-2H3. The van der Waals surface area contributed by atoms with Gasteiger partial charge in [0, 0.05) is 18.7 Å². The van der Waals surface area contributed by atoms with E-state index in [4.69, 9.17) is 0 Å². The normalized spacial score (nSPS) is 12.0. The molecule has 4 nitrogen and oxygen atoms in total. The van der Waals surface area contributed by atoms with Crippen LogP contribution in [0.3, 0.4) is 0 Å². The highest BCUT2D eigenvalue weighted by molar-refractivity contribution is 7.89. The highest BCUT2D eigenvalue weighted by Crippen LogP contribution is 2.17. The fourth-order valence-corrected chi connectivity index (χ4v) is 3.84. The molecule has 0 atom stereocenters. The maximum Gasteiger partial charge on any atom is 0.243 e. The van der Waals surface area contributed by atoms with Crippen molar-refractivity contribution in [2.45, 2.75) is 18.7 Å². The number of ketones is 1. The second kappa shape index (κ2) is 8.18. The molecule has 0 saturated carbocycles. The molecule has 0 fully saturated rings. The number of carbonyl (C=O) groups is 1. The lowest BCUT2D eigenvalue weighted by Crippen LogP contribution is -2.30. The number of allylic oxidation sites excluding steroid dienone is 1. The molecule has 0 spiro atoms. The van der Waals surface area contributed by atoms with Crippen molar-refractivity contribution in [2.75, 3.05) is 13.1 Å². The number of hydrogen-bond donors (Lipinski definition) is 0. The molecule has 0 saturated heterocycles. The fourth-order valence-electron chi connectivity index (χ4n) is 2.38. The van der Waals surface area contributed by atoms with Crippen molar-refractivity contribution in [1.29, 1.82) is 0 Å². The smallest absolute Gasteiger partial charge is 0.243 e. The van der Waals surface area contributed by atoms with Crippen molar-refractivity contribution in [3.63, 3.8) is 0 Å². The monoisotopic (exact) mass is 361 g/mol. The lowest BCUT2D eigenvalue weighted by Gasteiger charge is -2.18. The predicted molar refractivity (Wildman–Crippen MR) is 96.3 cm³/mol. The van der Waals surface area contributed by atoms with Crippen LogP contribution in [0.4, 0.5) is 4.39 Å². The third-order valence-corrected chi connectivity index (χ3v) is 5.82. The Bertz CT molecular complexity index is 870. The summed E-state index contributed by atoms with van der Waals surface area (Å²) in [6, 6.07) is 11.7. The van der Waals surface area contributed by atoms with E-state index in [1.54, 1.807) is 26.0 Å². The number of carbonyl (C=O) groups excluding carboxylic acids is 1. The lowest BCUT2D eigenvalue weighted by molar-refractivity contribution is 0.104. The SMILES string of the molecule is CCN(CC)S(=O)(=O)c1ccc(C(=O)C=Cc2cccc(F)c2)cc1. The van der Waals surface area contributed by atoms with Gasteiger partial charge in [0.1, 0.15) is 5.82 Å². The molecule has 2 aromatic carbocycles. The van der Waals surface area contributed by atoms with Gasteiger partial charge in [-0.15, -0.1) is 0 Å². The summed E-state index contributed by atoms with van der Waals surface area (Å²) < 4.78 is 39.3. The molecule has 0 aliphatic heterocycles. The van der Waals surface area contributed by atoms with Crippen LogP contribution in [0.25, 0.3) is 6.08 Å². The third-order valence-electron chi connectivity index (χ3n) is 3.76. The van der Waals surface area contributed by atoms with Crippen molar-refractivity contribution >= 4 is 21.9 Å². The van der Waals surface area contributed by atoms with Crippen LogP contribution >= 0.6 is 0 Å². The largest absolute Gasteiger partial charge is 0.289 e. The summed E-state index contributed by atoms with van der Waals surface area (Å²) in [7, 11) is -3.54. The molecule has 0 amide bonds. The van der Waals surface area contributed by atoms with Gasteiger partial charge in [-0.3, -0.25) is 4.79 Å². The van der Waals surface area contributed by atoms with Gasteiger partial charge in [-0.05, 0) is 48.0 Å². The molecular weight excluding hydrogens is 341 g/mol. The summed E-state index contributed by atoms with van der Waals surface area (Å²) >= 11 is 0. The van der Waals surface area contributed by atoms with Crippen molar-refractivity contribution in [3.05, 3.63) is 71.6 Å². The molecule has 0 N–H and O–H groups in total. The molecule has 25 heavy (non-hydrogen) atoms. The minimum atomic E-state index is -3.54. The van der Waals surface area contributed by atoms with Crippen molar-refractivity contribution in [3.8, 4) is 0 Å². The Kier molecular flexibility index (Phi) is 6.22. The summed E-state index contributed by atoms with van der Waals surface area (Å²) in [4.78, 5) is 12.3. The summed E-state index contributed by atoms with van der Waals surface area (Å²) in [5, 5.41) is 0. The van der Waals surface area contributed by atoms with Gasteiger partial charge >= 0.3 is 0 Å². The second-order valence-corrected chi connectivity index (χ2v) is 7.30. The first kappa shape index (κ1) is 19.0. The lowest BCUT2D eigenvalue weighted by atomic mass is 10.1. The van der Waals surface area contributed by atoms with Gasteiger partial charge in [-0.25, -0.2) is 12.8 Å². The van der Waals surface area contributed by atoms with Crippen LogP contribution in [-0.2, 0) is 10.0 Å². The Balaban J connectivity index is 2.18. The summed E-state index contributed by atoms with van der Waals surface area (Å²) in [6.45, 7) is 4.32. The molecule has 2 rings (SSSR count). The van der Waals surface area contributed by atoms with Gasteiger partial charge in [0.05, 0.1) is 4.90 Å². The molecule has 6 heteroatoms. The van der Waals surface area contributed by atoms with Crippen LogP contribution in [0, 0.1) is 5.82 Å². The fraction of sp³-hybridized carbons (Fsp3) is 0.211. The van der Waals surface area contributed by atoms with Crippen LogP contribution in [-0.4, -0.2) is 31.6 Å². The Morgan fingerprint density at radius 1 is 1.08 bits per heavy atom. The molecule has 2 aromatic rings. The van der Waals surface area contributed by atoms with Crippen molar-refractivity contribution in [1.82, 2.24) is 4.31 Å². The minimum Gasteiger partial charge on any atom is -0.289 e. The zero-order valence-electron chi connectivity index (χ0n) is 14.1. The highest BCUT2D eigenvalue weighted by Gasteiger charge is 2.21. The van der Waals surface area contributed by atoms with E-state index in [9.17, 15) is 17.6 Å². The molecule has 0 bridgehead atoms. The van der Waals surface area contributed by atoms with Gasteiger partial charge in [-0.1, -0.05) is 32.1 Å². The van der Waals surface area contributed by atoms with Gasteiger partial charge in [0.25, 0.3) is 0 Å². The molecule has 0 aliphatic carbocycles. The van der Waals surface area contributed by atoms with E-state index in [-0.39, 0.29) is 16.5 Å². The Hall–Kier alpha value is -2.31. The topological polar surface area (TPSA) is 54.5 Å². The molecule has 0 radical (unpaired) electrons. The van der Waals surface area contributed by atoms with Crippen LogP contribution in [0.2, 0.25) is 0 Å².